The topological polar surface area (TPSA) is 59.6 Å². The normalized spacial score (nSPS) is 21.2. The first-order valence-electron chi connectivity index (χ1n) is 7.98. The molecule has 2 N–H and O–H groups in total. The number of ether oxygens (including phenoxy) is 2. The van der Waals surface area contributed by atoms with E-state index in [4.69, 9.17) is 9.47 Å². The van der Waals surface area contributed by atoms with Crippen molar-refractivity contribution in [2.45, 2.75) is 39.7 Å². The average Bonchev–Trinajstić information content (AvgIpc) is 2.48. The lowest BCUT2D eigenvalue weighted by molar-refractivity contribution is 0.00354. The van der Waals surface area contributed by atoms with Crippen LogP contribution in [0.2, 0.25) is 0 Å². The molecule has 2 unspecified atom stereocenters. The van der Waals surface area contributed by atoms with Crippen LogP contribution < -0.4 is 15.4 Å². The van der Waals surface area contributed by atoms with Gasteiger partial charge in [0.05, 0.1) is 12.7 Å². The van der Waals surface area contributed by atoms with Crippen molar-refractivity contribution in [3.05, 3.63) is 23.8 Å². The van der Waals surface area contributed by atoms with Crippen molar-refractivity contribution in [3.8, 4) is 5.75 Å². The van der Waals surface area contributed by atoms with Crippen molar-refractivity contribution >= 4 is 11.7 Å². The summed E-state index contributed by atoms with van der Waals surface area (Å²) >= 11 is 0. The molecular weight excluding hydrogens is 280 g/mol. The standard InChI is InChI=1S/C17H26N2O3/c1-4-21-16-6-5-15(9-12(16)2)19-17(20)18-11-14-7-8-22-13(3)10-14/h5-6,9,13-14H,4,7-8,10-11H2,1-3H3,(H2,18,19,20). The average molecular weight is 306 g/mol. The van der Waals surface area contributed by atoms with Gasteiger partial charge in [0.15, 0.2) is 0 Å². The minimum atomic E-state index is -0.164. The number of rotatable bonds is 5. The van der Waals surface area contributed by atoms with Crippen LogP contribution in [-0.4, -0.2) is 31.9 Å². The van der Waals surface area contributed by atoms with Crippen LogP contribution in [0.4, 0.5) is 10.5 Å². The molecule has 1 aliphatic rings. The molecule has 2 atom stereocenters. The van der Waals surface area contributed by atoms with Crippen LogP contribution in [0.15, 0.2) is 18.2 Å². The fraction of sp³-hybridized carbons (Fsp3) is 0.588. The molecule has 0 aromatic heterocycles. The summed E-state index contributed by atoms with van der Waals surface area (Å²) in [7, 11) is 0. The molecule has 22 heavy (non-hydrogen) atoms. The largest absolute Gasteiger partial charge is 0.494 e. The van der Waals surface area contributed by atoms with Crippen molar-refractivity contribution < 1.29 is 14.3 Å². The van der Waals surface area contributed by atoms with Gasteiger partial charge in [0.25, 0.3) is 0 Å². The van der Waals surface area contributed by atoms with Gasteiger partial charge < -0.3 is 20.1 Å². The zero-order valence-corrected chi connectivity index (χ0v) is 13.6. The summed E-state index contributed by atoms with van der Waals surface area (Å²) in [6, 6.07) is 5.49. The Balaban J connectivity index is 1.80. The molecule has 2 amide bonds. The first-order chi connectivity index (χ1) is 10.6. The molecular formula is C17H26N2O3. The summed E-state index contributed by atoms with van der Waals surface area (Å²) in [4.78, 5) is 12.0. The van der Waals surface area contributed by atoms with E-state index in [1.807, 2.05) is 32.0 Å². The summed E-state index contributed by atoms with van der Waals surface area (Å²) in [5, 5.41) is 5.81. The molecule has 0 bridgehead atoms. The van der Waals surface area contributed by atoms with Crippen molar-refractivity contribution in [1.29, 1.82) is 0 Å². The maximum atomic E-state index is 12.0. The molecule has 1 heterocycles. The van der Waals surface area contributed by atoms with Gasteiger partial charge >= 0.3 is 6.03 Å². The summed E-state index contributed by atoms with van der Waals surface area (Å²) in [5.74, 6) is 1.35. The number of carbonyl (C=O) groups is 1. The Kier molecular flexibility index (Phi) is 6.07. The predicted octanol–water partition coefficient (Wildman–Crippen LogP) is 3.33. The smallest absolute Gasteiger partial charge is 0.319 e. The number of anilines is 1. The Morgan fingerprint density at radius 1 is 1.45 bits per heavy atom. The van der Waals surface area contributed by atoms with Crippen LogP contribution in [-0.2, 0) is 4.74 Å². The first-order valence-corrected chi connectivity index (χ1v) is 7.98. The molecule has 0 aliphatic carbocycles. The van der Waals surface area contributed by atoms with E-state index < -0.39 is 0 Å². The molecule has 1 saturated heterocycles. The summed E-state index contributed by atoms with van der Waals surface area (Å²) in [6.07, 6.45) is 2.30. The van der Waals surface area contributed by atoms with Gasteiger partial charge in [-0.25, -0.2) is 4.79 Å². The van der Waals surface area contributed by atoms with Gasteiger partial charge in [-0.15, -0.1) is 0 Å². The van der Waals surface area contributed by atoms with Crippen molar-refractivity contribution in [2.24, 2.45) is 5.92 Å². The zero-order chi connectivity index (χ0) is 15.9. The zero-order valence-electron chi connectivity index (χ0n) is 13.6. The second-order valence-corrected chi connectivity index (χ2v) is 5.82. The summed E-state index contributed by atoms with van der Waals surface area (Å²) in [6.45, 7) is 8.11. The van der Waals surface area contributed by atoms with Crippen LogP contribution in [0.25, 0.3) is 0 Å². The number of urea groups is 1. The van der Waals surface area contributed by atoms with Crippen LogP contribution in [0.5, 0.6) is 5.75 Å². The predicted molar refractivity (Wildman–Crippen MR) is 87.5 cm³/mol. The van der Waals surface area contributed by atoms with E-state index in [1.165, 1.54) is 0 Å². The maximum absolute atomic E-state index is 12.0. The van der Waals surface area contributed by atoms with Gasteiger partial charge in [0, 0.05) is 18.8 Å². The lowest BCUT2D eigenvalue weighted by Gasteiger charge is -2.27. The van der Waals surface area contributed by atoms with E-state index in [1.54, 1.807) is 0 Å². The molecule has 122 valence electrons. The first kappa shape index (κ1) is 16.6. The monoisotopic (exact) mass is 306 g/mol. The number of hydrogen-bond donors (Lipinski definition) is 2. The second-order valence-electron chi connectivity index (χ2n) is 5.82. The minimum Gasteiger partial charge on any atom is -0.494 e. The fourth-order valence-electron chi connectivity index (χ4n) is 2.73. The SMILES string of the molecule is CCOc1ccc(NC(=O)NCC2CCOC(C)C2)cc1C. The molecule has 0 radical (unpaired) electrons. The Bertz CT molecular complexity index is 505. The highest BCUT2D eigenvalue weighted by molar-refractivity contribution is 5.89. The van der Waals surface area contributed by atoms with E-state index in [2.05, 4.69) is 17.6 Å². The van der Waals surface area contributed by atoms with Crippen LogP contribution in [0.1, 0.15) is 32.3 Å². The third-order valence-corrected chi connectivity index (χ3v) is 3.88. The van der Waals surface area contributed by atoms with E-state index in [0.29, 0.717) is 19.1 Å². The van der Waals surface area contributed by atoms with Gasteiger partial charge in [0.2, 0.25) is 0 Å². The van der Waals surface area contributed by atoms with Crippen LogP contribution in [0, 0.1) is 12.8 Å². The molecule has 5 heteroatoms. The number of aryl methyl sites for hydroxylation is 1. The number of carbonyl (C=O) groups excluding carboxylic acids is 1. The van der Waals surface area contributed by atoms with Gasteiger partial charge in [-0.05, 0) is 63.3 Å². The van der Waals surface area contributed by atoms with E-state index in [-0.39, 0.29) is 12.1 Å². The van der Waals surface area contributed by atoms with Gasteiger partial charge in [0.1, 0.15) is 5.75 Å². The number of amides is 2. The second kappa shape index (κ2) is 8.03. The molecule has 1 aromatic rings. The minimum absolute atomic E-state index is 0.164. The van der Waals surface area contributed by atoms with E-state index in [9.17, 15) is 4.79 Å². The quantitative estimate of drug-likeness (QED) is 0.877. The fourth-order valence-corrected chi connectivity index (χ4v) is 2.73. The molecule has 0 saturated carbocycles. The Morgan fingerprint density at radius 2 is 2.27 bits per heavy atom. The molecule has 5 nitrogen and oxygen atoms in total. The third kappa shape index (κ3) is 4.91. The Labute approximate surface area is 132 Å². The highest BCUT2D eigenvalue weighted by Gasteiger charge is 2.19. The number of benzene rings is 1. The summed E-state index contributed by atoms with van der Waals surface area (Å²) < 4.78 is 11.0. The van der Waals surface area contributed by atoms with Crippen molar-refractivity contribution in [2.75, 3.05) is 25.1 Å². The number of nitrogens with one attached hydrogen (secondary N) is 2. The Hall–Kier alpha value is -1.75. The molecule has 1 aliphatic heterocycles. The molecule has 0 spiro atoms. The van der Waals surface area contributed by atoms with E-state index in [0.717, 1.165) is 36.4 Å². The highest BCUT2D eigenvalue weighted by Crippen LogP contribution is 2.22. The third-order valence-electron chi connectivity index (χ3n) is 3.88. The van der Waals surface area contributed by atoms with Crippen molar-refractivity contribution in [3.63, 3.8) is 0 Å². The lowest BCUT2D eigenvalue weighted by Crippen LogP contribution is -2.36. The van der Waals surface area contributed by atoms with Gasteiger partial charge in [-0.2, -0.15) is 0 Å². The highest BCUT2D eigenvalue weighted by atomic mass is 16.5. The summed E-state index contributed by atoms with van der Waals surface area (Å²) in [5.41, 5.74) is 1.79. The molecule has 2 rings (SSSR count). The molecule has 1 aromatic carbocycles. The maximum Gasteiger partial charge on any atom is 0.319 e. The van der Waals surface area contributed by atoms with Gasteiger partial charge in [-0.1, -0.05) is 0 Å². The van der Waals surface area contributed by atoms with Crippen molar-refractivity contribution in [1.82, 2.24) is 5.32 Å². The van der Waals surface area contributed by atoms with E-state index >= 15 is 0 Å². The van der Waals surface area contributed by atoms with Gasteiger partial charge in [-0.3, -0.25) is 0 Å². The number of hydrogen-bond acceptors (Lipinski definition) is 3. The van der Waals surface area contributed by atoms with Crippen LogP contribution in [0.3, 0.4) is 0 Å². The lowest BCUT2D eigenvalue weighted by atomic mass is 9.96. The van der Waals surface area contributed by atoms with Crippen LogP contribution >= 0.6 is 0 Å². The Morgan fingerprint density at radius 3 is 2.95 bits per heavy atom. The molecule has 1 fully saturated rings.